The molecule has 9 heteroatoms. The molecule has 2 N–H and O–H groups in total. The molecule has 33 heavy (non-hydrogen) atoms. The van der Waals surface area contributed by atoms with Gasteiger partial charge in [-0.05, 0) is 61.9 Å². The van der Waals surface area contributed by atoms with Gasteiger partial charge in [-0.2, -0.15) is 10.4 Å². The number of alkyl halides is 1. The Morgan fingerprint density at radius 1 is 1.36 bits per heavy atom. The first-order valence-electron chi connectivity index (χ1n) is 11.2. The zero-order valence-electron chi connectivity index (χ0n) is 18.3. The average Bonchev–Trinajstić information content (AvgIpc) is 3.44. The van der Waals surface area contributed by atoms with Crippen LogP contribution in [0, 0.1) is 24.2 Å². The topological polar surface area (TPSA) is 107 Å². The standard InChI is InChI=1S/C24H25FN6O2/c1-14-12-17(4-5-18(14)24(33)30-11-8-16(25)13-30)28-22-21-20(7-10-27-23(21)32)31(29-22)19(6-9-26)15-2-3-15/h4-5,7,10,12,15-16,19H,2-3,6,8,11,13H2,1H3,(H,27,32)(H,28,29)/t16-,19+/m1/s1. The van der Waals surface area contributed by atoms with Crippen LogP contribution in [0.2, 0.25) is 0 Å². The minimum absolute atomic E-state index is 0.0728. The van der Waals surface area contributed by atoms with E-state index in [4.69, 9.17) is 5.10 Å². The second-order valence-corrected chi connectivity index (χ2v) is 8.92. The van der Waals surface area contributed by atoms with Gasteiger partial charge in [-0.15, -0.1) is 0 Å². The van der Waals surface area contributed by atoms with Crippen LogP contribution in [-0.2, 0) is 0 Å². The van der Waals surface area contributed by atoms with Gasteiger partial charge in [0.2, 0.25) is 0 Å². The van der Waals surface area contributed by atoms with Crippen LogP contribution < -0.4 is 10.9 Å². The van der Waals surface area contributed by atoms with Crippen molar-refractivity contribution in [3.05, 3.63) is 51.9 Å². The molecule has 1 saturated carbocycles. The molecule has 8 nitrogen and oxygen atoms in total. The van der Waals surface area contributed by atoms with Gasteiger partial charge in [0.05, 0.1) is 30.6 Å². The lowest BCUT2D eigenvalue weighted by atomic mass is 10.1. The van der Waals surface area contributed by atoms with Crippen LogP contribution >= 0.6 is 0 Å². The molecular weight excluding hydrogens is 423 g/mol. The zero-order valence-corrected chi connectivity index (χ0v) is 18.3. The molecule has 2 aromatic heterocycles. The van der Waals surface area contributed by atoms with E-state index in [1.807, 2.05) is 19.1 Å². The quantitative estimate of drug-likeness (QED) is 0.596. The maximum atomic E-state index is 13.5. The first kappa shape index (κ1) is 21.2. The summed E-state index contributed by atoms with van der Waals surface area (Å²) in [6, 6.07) is 9.29. The highest BCUT2D eigenvalue weighted by atomic mass is 19.1. The van der Waals surface area contributed by atoms with Crippen molar-refractivity contribution in [2.75, 3.05) is 18.4 Å². The number of H-pyrrole nitrogens is 1. The molecular formula is C24H25FN6O2. The summed E-state index contributed by atoms with van der Waals surface area (Å²) in [7, 11) is 0. The molecule has 1 amide bonds. The number of nitriles is 1. The van der Waals surface area contributed by atoms with Crippen molar-refractivity contribution in [3.8, 4) is 6.07 Å². The lowest BCUT2D eigenvalue weighted by Crippen LogP contribution is -2.29. The summed E-state index contributed by atoms with van der Waals surface area (Å²) < 4.78 is 15.3. The van der Waals surface area contributed by atoms with Crippen molar-refractivity contribution in [2.45, 2.75) is 44.8 Å². The fourth-order valence-corrected chi connectivity index (χ4v) is 4.66. The van der Waals surface area contributed by atoms with Crippen LogP contribution in [0.25, 0.3) is 10.9 Å². The Morgan fingerprint density at radius 3 is 2.85 bits per heavy atom. The number of amides is 1. The zero-order chi connectivity index (χ0) is 23.1. The predicted molar refractivity (Wildman–Crippen MR) is 122 cm³/mol. The molecule has 2 aliphatic rings. The molecule has 2 fully saturated rings. The van der Waals surface area contributed by atoms with Crippen LogP contribution in [0.1, 0.15) is 47.6 Å². The lowest BCUT2D eigenvalue weighted by Gasteiger charge is -2.17. The molecule has 1 saturated heterocycles. The van der Waals surface area contributed by atoms with E-state index < -0.39 is 6.17 Å². The van der Waals surface area contributed by atoms with Crippen LogP contribution in [-0.4, -0.2) is 44.8 Å². The van der Waals surface area contributed by atoms with E-state index in [2.05, 4.69) is 16.4 Å². The number of carbonyl (C=O) groups is 1. The molecule has 3 heterocycles. The number of benzene rings is 1. The Kier molecular flexibility index (Phi) is 5.36. The number of hydrogen-bond acceptors (Lipinski definition) is 5. The first-order valence-corrected chi connectivity index (χ1v) is 11.2. The highest BCUT2D eigenvalue weighted by Gasteiger charge is 2.34. The van der Waals surface area contributed by atoms with E-state index in [0.29, 0.717) is 53.3 Å². The number of nitrogens with zero attached hydrogens (tertiary/aromatic N) is 4. The Balaban J connectivity index is 1.47. The number of rotatable bonds is 6. The molecule has 0 spiro atoms. The number of pyridine rings is 1. The van der Waals surface area contributed by atoms with Crippen LogP contribution in [0.15, 0.2) is 35.3 Å². The number of hydrogen-bond donors (Lipinski definition) is 2. The number of halogens is 1. The molecule has 5 rings (SSSR count). The molecule has 3 aromatic rings. The summed E-state index contributed by atoms with van der Waals surface area (Å²) in [5.74, 6) is 0.629. The van der Waals surface area contributed by atoms with E-state index in [9.17, 15) is 19.2 Å². The molecule has 1 aromatic carbocycles. The fraction of sp³-hybridized carbons (Fsp3) is 0.417. The number of aromatic nitrogens is 3. The minimum Gasteiger partial charge on any atom is -0.338 e. The van der Waals surface area contributed by atoms with Gasteiger partial charge in [0.1, 0.15) is 11.6 Å². The summed E-state index contributed by atoms with van der Waals surface area (Å²) in [4.78, 5) is 29.7. The Hall–Kier alpha value is -3.67. The van der Waals surface area contributed by atoms with Crippen molar-refractivity contribution < 1.29 is 9.18 Å². The molecule has 1 aliphatic carbocycles. The Bertz CT molecular complexity index is 1320. The van der Waals surface area contributed by atoms with E-state index >= 15 is 0 Å². The fourth-order valence-electron chi connectivity index (χ4n) is 4.66. The molecule has 170 valence electrons. The van der Waals surface area contributed by atoms with E-state index in [0.717, 1.165) is 18.4 Å². The van der Waals surface area contributed by atoms with Crippen LogP contribution in [0.4, 0.5) is 15.9 Å². The first-order chi connectivity index (χ1) is 16.0. The molecule has 1 aliphatic heterocycles. The maximum absolute atomic E-state index is 13.5. The van der Waals surface area contributed by atoms with Crippen molar-refractivity contribution in [1.29, 1.82) is 5.26 Å². The third kappa shape index (κ3) is 3.97. The predicted octanol–water partition coefficient (Wildman–Crippen LogP) is 3.83. The Morgan fingerprint density at radius 2 is 2.18 bits per heavy atom. The van der Waals surface area contributed by atoms with Crippen molar-refractivity contribution in [3.63, 3.8) is 0 Å². The van der Waals surface area contributed by atoms with Gasteiger partial charge in [0.15, 0.2) is 5.82 Å². The summed E-state index contributed by atoms with van der Waals surface area (Å²) >= 11 is 0. The lowest BCUT2D eigenvalue weighted by molar-refractivity contribution is 0.0782. The second kappa shape index (κ2) is 8.35. The monoisotopic (exact) mass is 448 g/mol. The number of aryl methyl sites for hydroxylation is 1. The van der Waals surface area contributed by atoms with E-state index in [-0.39, 0.29) is 24.1 Å². The summed E-state index contributed by atoms with van der Waals surface area (Å²) in [6.07, 6.45) is 3.44. The van der Waals surface area contributed by atoms with Gasteiger partial charge in [-0.3, -0.25) is 14.3 Å². The highest BCUT2D eigenvalue weighted by Crippen LogP contribution is 2.43. The second-order valence-electron chi connectivity index (χ2n) is 8.92. The number of anilines is 2. The maximum Gasteiger partial charge on any atom is 0.261 e. The largest absolute Gasteiger partial charge is 0.338 e. The number of aromatic amines is 1. The van der Waals surface area contributed by atoms with Crippen LogP contribution in [0.3, 0.4) is 0 Å². The van der Waals surface area contributed by atoms with Crippen LogP contribution in [0.5, 0.6) is 0 Å². The molecule has 0 bridgehead atoms. The van der Waals surface area contributed by atoms with Gasteiger partial charge >= 0.3 is 0 Å². The SMILES string of the molecule is Cc1cc(Nc2nn([C@@H](CC#N)C3CC3)c3cc[nH]c(=O)c23)ccc1C(=O)N1CC[C@@H](F)C1. The van der Waals surface area contributed by atoms with Gasteiger partial charge in [-0.25, -0.2) is 4.39 Å². The third-order valence-corrected chi connectivity index (χ3v) is 6.55. The minimum atomic E-state index is -0.961. The number of carbonyl (C=O) groups excluding carboxylic acids is 1. The molecule has 2 atom stereocenters. The van der Waals surface area contributed by atoms with Crippen molar-refractivity contribution >= 4 is 28.3 Å². The average molecular weight is 449 g/mol. The normalized spacial score (nSPS) is 18.9. The van der Waals surface area contributed by atoms with E-state index in [1.165, 1.54) is 0 Å². The van der Waals surface area contributed by atoms with Gasteiger partial charge in [-0.1, -0.05) is 0 Å². The summed E-state index contributed by atoms with van der Waals surface area (Å²) in [6.45, 7) is 2.40. The molecule has 0 radical (unpaired) electrons. The van der Waals surface area contributed by atoms with Gasteiger partial charge < -0.3 is 15.2 Å². The van der Waals surface area contributed by atoms with Gasteiger partial charge in [0.25, 0.3) is 11.5 Å². The number of nitrogens with one attached hydrogen (secondary N) is 2. The summed E-state index contributed by atoms with van der Waals surface area (Å²) in [5.41, 5.74) is 2.40. The number of likely N-dealkylation sites (tertiary alicyclic amines) is 1. The van der Waals surface area contributed by atoms with Gasteiger partial charge in [0, 0.05) is 24.0 Å². The number of fused-ring (bicyclic) bond motifs is 1. The molecule has 0 unspecified atom stereocenters. The Labute approximate surface area is 190 Å². The third-order valence-electron chi connectivity index (χ3n) is 6.55. The summed E-state index contributed by atoms with van der Waals surface area (Å²) in [5, 5.41) is 17.7. The smallest absolute Gasteiger partial charge is 0.261 e. The highest BCUT2D eigenvalue weighted by molar-refractivity contribution is 5.97. The van der Waals surface area contributed by atoms with E-state index in [1.54, 1.807) is 27.9 Å². The van der Waals surface area contributed by atoms with Crippen molar-refractivity contribution in [1.82, 2.24) is 19.7 Å². The van der Waals surface area contributed by atoms with Crippen molar-refractivity contribution in [2.24, 2.45) is 5.92 Å².